The maximum atomic E-state index is 13.5. The topological polar surface area (TPSA) is 29.0 Å². The summed E-state index contributed by atoms with van der Waals surface area (Å²) in [5, 5.41) is -0.104. The predicted molar refractivity (Wildman–Crippen MR) is 111 cm³/mol. The van der Waals surface area contributed by atoms with Crippen molar-refractivity contribution in [1.82, 2.24) is 9.97 Å². The maximum absolute atomic E-state index is 13.5. The minimum atomic E-state index is -4.52. The molecule has 0 radical (unpaired) electrons. The highest BCUT2D eigenvalue weighted by molar-refractivity contribution is 7.99. The first-order valence-electron chi connectivity index (χ1n) is 9.34. The van der Waals surface area contributed by atoms with E-state index in [1.54, 1.807) is 24.3 Å². The lowest BCUT2D eigenvalue weighted by Crippen LogP contribution is -2.20. The van der Waals surface area contributed by atoms with E-state index in [1.807, 2.05) is 42.2 Å². The van der Waals surface area contributed by atoms with Gasteiger partial charge in [-0.25, -0.2) is 9.97 Å². The fourth-order valence-electron chi connectivity index (χ4n) is 2.85. The Morgan fingerprint density at radius 2 is 1.76 bits per heavy atom. The Kier molecular flexibility index (Phi) is 6.47. The molecule has 0 amide bonds. The average Bonchev–Trinajstić information content (AvgIpc) is 2.69. The van der Waals surface area contributed by atoms with Crippen molar-refractivity contribution in [2.24, 2.45) is 0 Å². The molecule has 152 valence electrons. The van der Waals surface area contributed by atoms with E-state index in [-0.39, 0.29) is 11.0 Å². The highest BCUT2D eigenvalue weighted by atomic mass is 32.2. The molecule has 0 aliphatic carbocycles. The summed E-state index contributed by atoms with van der Waals surface area (Å²) in [6, 6.07) is 16.8. The van der Waals surface area contributed by atoms with Gasteiger partial charge in [-0.2, -0.15) is 13.2 Å². The number of nitrogens with zero attached hydrogens (tertiary/aromatic N) is 3. The lowest BCUT2D eigenvalue weighted by molar-refractivity contribution is -0.140. The van der Waals surface area contributed by atoms with Crippen LogP contribution in [-0.2, 0) is 6.18 Å². The second-order valence-corrected chi connectivity index (χ2v) is 7.86. The molecule has 3 aromatic rings. The molecule has 0 N–H and O–H groups in total. The summed E-state index contributed by atoms with van der Waals surface area (Å²) in [6.45, 7) is 6.65. The summed E-state index contributed by atoms with van der Waals surface area (Å²) in [4.78, 5) is 10.9. The Morgan fingerprint density at radius 3 is 2.38 bits per heavy atom. The van der Waals surface area contributed by atoms with Crippen molar-refractivity contribution in [3.05, 3.63) is 71.9 Å². The zero-order valence-electron chi connectivity index (χ0n) is 16.4. The summed E-state index contributed by atoms with van der Waals surface area (Å²) >= 11 is 0.989. The first kappa shape index (κ1) is 21.2. The van der Waals surface area contributed by atoms with Crippen LogP contribution in [0.2, 0.25) is 0 Å². The lowest BCUT2D eigenvalue weighted by atomic mass is 10.0. The van der Waals surface area contributed by atoms with Crippen LogP contribution in [0.4, 0.5) is 24.8 Å². The summed E-state index contributed by atoms with van der Waals surface area (Å²) in [7, 11) is 0. The van der Waals surface area contributed by atoms with Crippen molar-refractivity contribution in [2.75, 3.05) is 11.4 Å². The van der Waals surface area contributed by atoms with Gasteiger partial charge in [0.05, 0.1) is 0 Å². The number of rotatable bonds is 6. The standard InChI is InChI=1S/C22H22F3N3S/c1-4-28(17-10-8-9-16(13-17)15(2)3)21-26-14-19(22(23,24)25)20(27-21)29-18-11-6-5-7-12-18/h5-15H,4H2,1-3H3. The van der Waals surface area contributed by atoms with Gasteiger partial charge in [-0.15, -0.1) is 0 Å². The smallest absolute Gasteiger partial charge is 0.311 e. The van der Waals surface area contributed by atoms with Crippen LogP contribution in [-0.4, -0.2) is 16.5 Å². The van der Waals surface area contributed by atoms with E-state index in [9.17, 15) is 13.2 Å². The Balaban J connectivity index is 2.04. The Morgan fingerprint density at radius 1 is 1.03 bits per heavy atom. The van der Waals surface area contributed by atoms with Gasteiger partial charge < -0.3 is 4.90 Å². The zero-order valence-corrected chi connectivity index (χ0v) is 17.3. The molecule has 0 saturated carbocycles. The third-order valence-corrected chi connectivity index (χ3v) is 5.42. The molecular weight excluding hydrogens is 395 g/mol. The highest BCUT2D eigenvalue weighted by Crippen LogP contribution is 2.39. The fraction of sp³-hybridized carbons (Fsp3) is 0.273. The molecule has 0 bridgehead atoms. The summed E-state index contributed by atoms with van der Waals surface area (Å²) in [6.07, 6.45) is -3.65. The molecule has 3 nitrogen and oxygen atoms in total. The number of halogens is 3. The van der Waals surface area contributed by atoms with E-state index in [1.165, 1.54) is 0 Å². The molecular formula is C22H22F3N3S. The van der Waals surface area contributed by atoms with Gasteiger partial charge in [0, 0.05) is 23.3 Å². The van der Waals surface area contributed by atoms with Gasteiger partial charge in [0.2, 0.25) is 5.95 Å². The number of anilines is 2. The molecule has 7 heteroatoms. The van der Waals surface area contributed by atoms with Crippen LogP contribution in [0, 0.1) is 0 Å². The maximum Gasteiger partial charge on any atom is 0.420 e. The SMILES string of the molecule is CCN(c1cccc(C(C)C)c1)c1ncc(C(F)(F)F)c(Sc2ccccc2)n1. The fourth-order valence-corrected chi connectivity index (χ4v) is 3.77. The van der Waals surface area contributed by atoms with E-state index < -0.39 is 11.7 Å². The molecule has 0 saturated heterocycles. The quantitative estimate of drug-likeness (QED) is 0.407. The molecule has 3 rings (SSSR count). The minimum Gasteiger partial charge on any atom is -0.311 e. The van der Waals surface area contributed by atoms with Gasteiger partial charge >= 0.3 is 6.18 Å². The normalized spacial score (nSPS) is 11.7. The summed E-state index contributed by atoms with van der Waals surface area (Å²) < 4.78 is 40.6. The van der Waals surface area contributed by atoms with E-state index in [0.717, 1.165) is 29.2 Å². The molecule has 1 heterocycles. The van der Waals surface area contributed by atoms with Crippen LogP contribution in [0.5, 0.6) is 0 Å². The second-order valence-electron chi connectivity index (χ2n) is 6.80. The van der Waals surface area contributed by atoms with Gasteiger partial charge in [-0.05, 0) is 42.7 Å². The van der Waals surface area contributed by atoms with Crippen LogP contribution in [0.3, 0.4) is 0 Å². The van der Waals surface area contributed by atoms with Crippen LogP contribution >= 0.6 is 11.8 Å². The second kappa shape index (κ2) is 8.86. The zero-order chi connectivity index (χ0) is 21.0. The molecule has 0 spiro atoms. The predicted octanol–water partition coefficient (Wildman–Crippen LogP) is 6.93. The van der Waals surface area contributed by atoms with Gasteiger partial charge in [0.15, 0.2) is 0 Å². The van der Waals surface area contributed by atoms with E-state index in [0.29, 0.717) is 17.4 Å². The Hall–Kier alpha value is -2.54. The van der Waals surface area contributed by atoms with E-state index in [4.69, 9.17) is 0 Å². The lowest BCUT2D eigenvalue weighted by Gasteiger charge is -2.23. The summed E-state index contributed by atoms with van der Waals surface area (Å²) in [5.41, 5.74) is 1.17. The molecule has 29 heavy (non-hydrogen) atoms. The third kappa shape index (κ3) is 5.09. The summed E-state index contributed by atoms with van der Waals surface area (Å²) in [5.74, 6) is 0.589. The Labute approximate surface area is 173 Å². The minimum absolute atomic E-state index is 0.104. The molecule has 0 unspecified atom stereocenters. The molecule has 0 fully saturated rings. The van der Waals surface area contributed by atoms with E-state index >= 15 is 0 Å². The van der Waals surface area contributed by atoms with Crippen LogP contribution in [0.15, 0.2) is 70.7 Å². The van der Waals surface area contributed by atoms with Crippen molar-refractivity contribution >= 4 is 23.4 Å². The van der Waals surface area contributed by atoms with Gasteiger partial charge in [-0.1, -0.05) is 55.9 Å². The van der Waals surface area contributed by atoms with Crippen LogP contribution < -0.4 is 4.90 Å². The third-order valence-electron chi connectivity index (χ3n) is 4.41. The number of alkyl halides is 3. The van der Waals surface area contributed by atoms with Crippen LogP contribution in [0.1, 0.15) is 37.8 Å². The largest absolute Gasteiger partial charge is 0.420 e. The number of benzene rings is 2. The van der Waals surface area contributed by atoms with Crippen molar-refractivity contribution < 1.29 is 13.2 Å². The van der Waals surface area contributed by atoms with Crippen molar-refractivity contribution in [1.29, 1.82) is 0 Å². The van der Waals surface area contributed by atoms with E-state index in [2.05, 4.69) is 23.8 Å². The molecule has 2 aromatic carbocycles. The molecule has 0 atom stereocenters. The van der Waals surface area contributed by atoms with Gasteiger partial charge in [0.1, 0.15) is 10.6 Å². The van der Waals surface area contributed by atoms with Crippen LogP contribution in [0.25, 0.3) is 0 Å². The van der Waals surface area contributed by atoms with Crippen molar-refractivity contribution in [3.8, 4) is 0 Å². The molecule has 1 aromatic heterocycles. The average molecular weight is 418 g/mol. The van der Waals surface area contributed by atoms with Crippen molar-refractivity contribution in [3.63, 3.8) is 0 Å². The number of hydrogen-bond donors (Lipinski definition) is 0. The molecule has 0 aliphatic heterocycles. The Bertz CT molecular complexity index is 959. The van der Waals surface area contributed by atoms with Crippen molar-refractivity contribution in [2.45, 2.75) is 42.8 Å². The first-order valence-corrected chi connectivity index (χ1v) is 10.2. The number of hydrogen-bond acceptors (Lipinski definition) is 4. The van der Waals surface area contributed by atoms with Gasteiger partial charge in [-0.3, -0.25) is 0 Å². The monoisotopic (exact) mass is 417 g/mol. The number of aromatic nitrogens is 2. The first-order chi connectivity index (χ1) is 13.8. The molecule has 0 aliphatic rings. The van der Waals surface area contributed by atoms with Gasteiger partial charge in [0.25, 0.3) is 0 Å². The highest BCUT2D eigenvalue weighted by Gasteiger charge is 2.35.